The quantitative estimate of drug-likeness (QED) is 0.417. The van der Waals surface area contributed by atoms with Gasteiger partial charge in [-0.1, -0.05) is 22.6 Å². The summed E-state index contributed by atoms with van der Waals surface area (Å²) in [5.74, 6) is 0.0330. The molecule has 0 aromatic carbocycles. The molecule has 3 unspecified atom stereocenters. The second kappa shape index (κ2) is 3.83. The Morgan fingerprint density at radius 1 is 1.44 bits per heavy atom. The summed E-state index contributed by atoms with van der Waals surface area (Å²) >= 11 is 2.36. The van der Waals surface area contributed by atoms with Gasteiger partial charge in [0, 0.05) is 21.9 Å². The van der Waals surface area contributed by atoms with Crippen molar-refractivity contribution in [2.45, 2.75) is 50.3 Å². The number of carbonyl (C=O) groups is 1. The smallest absolute Gasteiger partial charge is 0.306 e. The lowest BCUT2D eigenvalue weighted by molar-refractivity contribution is -0.141. The van der Waals surface area contributed by atoms with Crippen LogP contribution in [-0.4, -0.2) is 40.5 Å². The molecule has 0 aromatic heterocycles. The summed E-state index contributed by atoms with van der Waals surface area (Å²) in [5, 5.41) is 0. The molecule has 3 saturated heterocycles. The Morgan fingerprint density at radius 2 is 2.06 bits per heavy atom. The molecule has 3 nitrogen and oxygen atoms in total. The number of alkyl halides is 1. The molecule has 1 spiro atoms. The number of piperidine rings is 1. The molecule has 0 aromatic rings. The molecule has 0 amide bonds. The third-order valence-electron chi connectivity index (χ3n) is 4.86. The van der Waals surface area contributed by atoms with E-state index < -0.39 is 0 Å². The maximum Gasteiger partial charge on any atom is 0.306 e. The van der Waals surface area contributed by atoms with Crippen LogP contribution in [0.1, 0.15) is 32.1 Å². The first kappa shape index (κ1) is 11.3. The number of esters is 1. The molecule has 16 heavy (non-hydrogen) atoms. The Balaban J connectivity index is 1.87. The SMILES string of the molecule is CN1C2CCC1CC1(CC(=O)OC1CI)C2. The lowest BCUT2D eigenvalue weighted by Gasteiger charge is -2.44. The van der Waals surface area contributed by atoms with E-state index in [0.29, 0.717) is 18.5 Å². The van der Waals surface area contributed by atoms with Crippen LogP contribution in [-0.2, 0) is 9.53 Å². The molecule has 0 saturated carbocycles. The molecule has 0 N–H and O–H groups in total. The zero-order chi connectivity index (χ0) is 11.3. The van der Waals surface area contributed by atoms with Crippen LogP contribution in [0.5, 0.6) is 0 Å². The topological polar surface area (TPSA) is 29.5 Å². The van der Waals surface area contributed by atoms with Crippen molar-refractivity contribution in [3.05, 3.63) is 0 Å². The van der Waals surface area contributed by atoms with Gasteiger partial charge in [-0.3, -0.25) is 4.79 Å². The molecule has 4 heteroatoms. The number of rotatable bonds is 1. The molecule has 90 valence electrons. The van der Waals surface area contributed by atoms with Crippen molar-refractivity contribution in [2.24, 2.45) is 5.41 Å². The van der Waals surface area contributed by atoms with E-state index in [9.17, 15) is 4.79 Å². The van der Waals surface area contributed by atoms with Crippen LogP contribution in [0.4, 0.5) is 0 Å². The van der Waals surface area contributed by atoms with E-state index in [0.717, 1.165) is 4.43 Å². The lowest BCUT2D eigenvalue weighted by atomic mass is 9.70. The fraction of sp³-hybridized carbons (Fsp3) is 0.917. The number of cyclic esters (lactones) is 1. The Labute approximate surface area is 110 Å². The molecule has 3 aliphatic rings. The fourth-order valence-electron chi connectivity index (χ4n) is 3.93. The third-order valence-corrected chi connectivity index (χ3v) is 5.66. The van der Waals surface area contributed by atoms with E-state index in [1.165, 1.54) is 25.7 Å². The van der Waals surface area contributed by atoms with E-state index in [4.69, 9.17) is 4.74 Å². The summed E-state index contributed by atoms with van der Waals surface area (Å²) in [4.78, 5) is 14.1. The highest BCUT2D eigenvalue weighted by molar-refractivity contribution is 14.1. The average Bonchev–Trinajstić information content (AvgIpc) is 2.64. The van der Waals surface area contributed by atoms with Crippen LogP contribution in [0.2, 0.25) is 0 Å². The van der Waals surface area contributed by atoms with Crippen molar-refractivity contribution < 1.29 is 9.53 Å². The van der Waals surface area contributed by atoms with Crippen molar-refractivity contribution in [1.82, 2.24) is 4.90 Å². The Hall–Kier alpha value is 0.160. The molecular weight excluding hydrogens is 317 g/mol. The van der Waals surface area contributed by atoms with Gasteiger partial charge in [0.2, 0.25) is 0 Å². The van der Waals surface area contributed by atoms with E-state index >= 15 is 0 Å². The average molecular weight is 335 g/mol. The van der Waals surface area contributed by atoms with Crippen molar-refractivity contribution in [2.75, 3.05) is 11.5 Å². The first-order valence-electron chi connectivity index (χ1n) is 6.12. The second-order valence-corrected chi connectivity index (χ2v) is 6.51. The van der Waals surface area contributed by atoms with Crippen molar-refractivity contribution in [3.63, 3.8) is 0 Å². The molecule has 3 aliphatic heterocycles. The van der Waals surface area contributed by atoms with Crippen LogP contribution < -0.4 is 0 Å². The molecular formula is C12H18INO2. The molecule has 3 atom stereocenters. The number of hydrogen-bond donors (Lipinski definition) is 0. The van der Waals surface area contributed by atoms with Crippen molar-refractivity contribution in [1.29, 1.82) is 0 Å². The minimum absolute atomic E-state index is 0.0330. The number of ether oxygens (including phenoxy) is 1. The minimum Gasteiger partial charge on any atom is -0.461 e. The predicted octanol–water partition coefficient (Wildman–Crippen LogP) is 1.98. The summed E-state index contributed by atoms with van der Waals surface area (Å²) in [6.07, 6.45) is 5.80. The molecule has 3 fully saturated rings. The largest absolute Gasteiger partial charge is 0.461 e. The van der Waals surface area contributed by atoms with E-state index in [1.807, 2.05) is 0 Å². The molecule has 2 bridgehead atoms. The molecule has 0 radical (unpaired) electrons. The molecule has 3 heterocycles. The highest BCUT2D eigenvalue weighted by Crippen LogP contribution is 2.52. The number of carbonyl (C=O) groups excluding carboxylic acids is 1. The number of hydrogen-bond acceptors (Lipinski definition) is 3. The van der Waals surface area contributed by atoms with Crippen LogP contribution in [0.15, 0.2) is 0 Å². The van der Waals surface area contributed by atoms with Gasteiger partial charge in [0.15, 0.2) is 0 Å². The number of halogens is 1. The second-order valence-electron chi connectivity index (χ2n) is 5.63. The summed E-state index contributed by atoms with van der Waals surface area (Å²) in [7, 11) is 2.24. The van der Waals surface area contributed by atoms with Gasteiger partial charge in [-0.25, -0.2) is 0 Å². The van der Waals surface area contributed by atoms with Crippen molar-refractivity contribution >= 4 is 28.6 Å². The van der Waals surface area contributed by atoms with Gasteiger partial charge in [0.05, 0.1) is 6.42 Å². The summed E-state index contributed by atoms with van der Waals surface area (Å²) in [6, 6.07) is 1.39. The highest BCUT2D eigenvalue weighted by atomic mass is 127. The van der Waals surface area contributed by atoms with Gasteiger partial charge < -0.3 is 9.64 Å². The van der Waals surface area contributed by atoms with Gasteiger partial charge >= 0.3 is 5.97 Å². The Kier molecular flexibility index (Phi) is 2.70. The first-order valence-corrected chi connectivity index (χ1v) is 7.64. The molecule has 0 aliphatic carbocycles. The monoisotopic (exact) mass is 335 g/mol. The Morgan fingerprint density at radius 3 is 2.62 bits per heavy atom. The van der Waals surface area contributed by atoms with Crippen LogP contribution in [0.25, 0.3) is 0 Å². The standard InChI is InChI=1S/C12H18INO2/c1-14-8-2-3-9(14)5-12(4-8)6-11(15)16-10(12)7-13/h8-10H,2-7H2,1H3. The maximum atomic E-state index is 11.6. The van der Waals surface area contributed by atoms with Crippen LogP contribution in [0.3, 0.4) is 0 Å². The fourth-order valence-corrected chi connectivity index (χ4v) is 5.05. The number of nitrogens with zero attached hydrogens (tertiary/aromatic N) is 1. The maximum absolute atomic E-state index is 11.6. The lowest BCUT2D eigenvalue weighted by Crippen LogP contribution is -2.49. The third kappa shape index (κ3) is 1.52. The van der Waals surface area contributed by atoms with Crippen LogP contribution in [0, 0.1) is 5.41 Å². The summed E-state index contributed by atoms with van der Waals surface area (Å²) in [6.45, 7) is 0. The summed E-state index contributed by atoms with van der Waals surface area (Å²) in [5.41, 5.74) is 0.177. The molecule has 3 rings (SSSR count). The van der Waals surface area contributed by atoms with Crippen molar-refractivity contribution in [3.8, 4) is 0 Å². The normalized spacial score (nSPS) is 47.6. The zero-order valence-corrected chi connectivity index (χ0v) is 11.8. The predicted molar refractivity (Wildman–Crippen MR) is 69.6 cm³/mol. The zero-order valence-electron chi connectivity index (χ0n) is 9.62. The Bertz CT molecular complexity index is 306. The van der Waals surface area contributed by atoms with E-state index in [-0.39, 0.29) is 17.5 Å². The summed E-state index contributed by atoms with van der Waals surface area (Å²) < 4.78 is 6.45. The minimum atomic E-state index is 0.0330. The van der Waals surface area contributed by atoms with E-state index in [2.05, 4.69) is 34.5 Å². The van der Waals surface area contributed by atoms with Gasteiger partial charge in [-0.2, -0.15) is 0 Å². The first-order chi connectivity index (χ1) is 7.64. The van der Waals surface area contributed by atoms with Gasteiger partial charge in [0.25, 0.3) is 0 Å². The van der Waals surface area contributed by atoms with Gasteiger partial charge in [-0.15, -0.1) is 0 Å². The van der Waals surface area contributed by atoms with Gasteiger partial charge in [-0.05, 0) is 32.7 Å². The van der Waals surface area contributed by atoms with Gasteiger partial charge in [0.1, 0.15) is 6.10 Å². The van der Waals surface area contributed by atoms with E-state index in [1.54, 1.807) is 0 Å². The highest BCUT2D eigenvalue weighted by Gasteiger charge is 2.55. The number of fused-ring (bicyclic) bond motifs is 2. The van der Waals surface area contributed by atoms with Crippen LogP contribution >= 0.6 is 22.6 Å².